The van der Waals surface area contributed by atoms with Crippen molar-refractivity contribution < 1.29 is 4.79 Å². The zero-order valence-electron chi connectivity index (χ0n) is 15.2. The summed E-state index contributed by atoms with van der Waals surface area (Å²) < 4.78 is 0. The molecule has 2 rings (SSSR count). The minimum absolute atomic E-state index is 0.0746. The lowest BCUT2D eigenvalue weighted by Crippen LogP contribution is -2.45. The van der Waals surface area contributed by atoms with Gasteiger partial charge in [-0.1, -0.05) is 64.7 Å². The van der Waals surface area contributed by atoms with Crippen LogP contribution in [0.4, 0.5) is 5.69 Å². The molecule has 0 aromatic heterocycles. The Bertz CT molecular complexity index is 496. The number of nitrogens with zero attached hydrogens (tertiary/aromatic N) is 1. The number of para-hydroxylation sites is 1. The van der Waals surface area contributed by atoms with E-state index in [1.54, 1.807) is 0 Å². The number of carbonyl (C=O) groups is 1. The average Bonchev–Trinajstić information content (AvgIpc) is 2.96. The summed E-state index contributed by atoms with van der Waals surface area (Å²) in [7, 11) is 0. The van der Waals surface area contributed by atoms with Gasteiger partial charge in [0.15, 0.2) is 5.78 Å². The van der Waals surface area contributed by atoms with E-state index >= 15 is 0 Å². The molecule has 2 nitrogen and oxygen atoms in total. The Kier molecular flexibility index (Phi) is 7.14. The number of anilines is 1. The Morgan fingerprint density at radius 2 is 1.91 bits per heavy atom. The van der Waals surface area contributed by atoms with Crippen molar-refractivity contribution >= 4 is 11.5 Å². The maximum absolute atomic E-state index is 12.9. The third-order valence-corrected chi connectivity index (χ3v) is 5.15. The summed E-state index contributed by atoms with van der Waals surface area (Å²) >= 11 is 0. The normalized spacial score (nSPS) is 18.0. The molecule has 0 amide bonds. The molecular formula is C21H33NO. The number of fused-ring (bicyclic) bond motifs is 1. The summed E-state index contributed by atoms with van der Waals surface area (Å²) in [6.07, 6.45) is 9.83. The van der Waals surface area contributed by atoms with Gasteiger partial charge in [0.25, 0.3) is 0 Å². The van der Waals surface area contributed by atoms with Crippen LogP contribution in [0.3, 0.4) is 0 Å². The number of unbranched alkanes of at least 4 members (excludes halogenated alkanes) is 3. The first-order valence-electron chi connectivity index (χ1n) is 9.61. The minimum atomic E-state index is 0.0746. The van der Waals surface area contributed by atoms with E-state index in [1.807, 2.05) is 0 Å². The van der Waals surface area contributed by atoms with Gasteiger partial charge in [-0.05, 0) is 30.9 Å². The van der Waals surface area contributed by atoms with Crippen LogP contribution in [0, 0.1) is 0 Å². The first-order chi connectivity index (χ1) is 11.2. The molecule has 0 bridgehead atoms. The van der Waals surface area contributed by atoms with Crippen molar-refractivity contribution in [3.63, 3.8) is 0 Å². The number of hydrogen-bond acceptors (Lipinski definition) is 2. The molecule has 0 spiro atoms. The predicted molar refractivity (Wildman–Crippen MR) is 99.2 cm³/mol. The highest BCUT2D eigenvalue weighted by molar-refractivity contribution is 5.90. The fraction of sp³-hybridized carbons (Fsp3) is 0.667. The van der Waals surface area contributed by atoms with Crippen LogP contribution in [0.25, 0.3) is 0 Å². The highest BCUT2D eigenvalue weighted by atomic mass is 16.1. The van der Waals surface area contributed by atoms with Crippen molar-refractivity contribution in [1.82, 2.24) is 0 Å². The van der Waals surface area contributed by atoms with Crippen molar-refractivity contribution in [2.24, 2.45) is 0 Å². The lowest BCUT2D eigenvalue weighted by molar-refractivity contribution is -0.120. The zero-order valence-corrected chi connectivity index (χ0v) is 15.2. The van der Waals surface area contributed by atoms with Crippen LogP contribution < -0.4 is 4.90 Å². The number of benzene rings is 1. The van der Waals surface area contributed by atoms with Crippen molar-refractivity contribution in [1.29, 1.82) is 0 Å². The number of rotatable bonds is 10. The number of hydrogen-bond donors (Lipinski definition) is 0. The Labute approximate surface area is 142 Å². The van der Waals surface area contributed by atoms with Gasteiger partial charge < -0.3 is 4.90 Å². The Hall–Kier alpha value is -1.31. The summed E-state index contributed by atoms with van der Waals surface area (Å²) in [5.41, 5.74) is 2.66. The molecule has 1 aromatic rings. The molecule has 0 saturated carbocycles. The largest absolute Gasteiger partial charge is 0.358 e. The quantitative estimate of drug-likeness (QED) is 0.529. The summed E-state index contributed by atoms with van der Waals surface area (Å²) in [5.74, 6) is 0.451. The van der Waals surface area contributed by atoms with Gasteiger partial charge >= 0.3 is 0 Å². The number of Topliss-reactive ketones (excluding diaryl/α,β-unsaturated/α-hetero) is 1. The van der Waals surface area contributed by atoms with Gasteiger partial charge in [-0.3, -0.25) is 4.79 Å². The molecule has 1 aromatic carbocycles. The highest BCUT2D eigenvalue weighted by Gasteiger charge is 2.36. The van der Waals surface area contributed by atoms with Crippen LogP contribution in [0.5, 0.6) is 0 Å². The van der Waals surface area contributed by atoms with Crippen LogP contribution in [0.1, 0.15) is 77.7 Å². The van der Waals surface area contributed by atoms with E-state index < -0.39 is 0 Å². The van der Waals surface area contributed by atoms with E-state index in [4.69, 9.17) is 0 Å². The van der Waals surface area contributed by atoms with Crippen LogP contribution in [0.2, 0.25) is 0 Å². The molecule has 1 aliphatic heterocycles. The van der Waals surface area contributed by atoms with E-state index in [9.17, 15) is 4.79 Å². The lowest BCUT2D eigenvalue weighted by atomic mass is 9.99. The van der Waals surface area contributed by atoms with Crippen LogP contribution in [-0.4, -0.2) is 17.9 Å². The number of carbonyl (C=O) groups excluding carboxylic acids is 1. The minimum Gasteiger partial charge on any atom is -0.358 e. The molecule has 23 heavy (non-hydrogen) atoms. The van der Waals surface area contributed by atoms with Gasteiger partial charge in [0.05, 0.1) is 6.04 Å². The van der Waals surface area contributed by atoms with Crippen LogP contribution >= 0.6 is 0 Å². The third-order valence-electron chi connectivity index (χ3n) is 5.15. The van der Waals surface area contributed by atoms with Crippen molar-refractivity contribution in [2.45, 2.75) is 90.6 Å². The van der Waals surface area contributed by atoms with Crippen LogP contribution in [0.15, 0.2) is 24.3 Å². The topological polar surface area (TPSA) is 20.3 Å². The second kappa shape index (κ2) is 9.10. The van der Waals surface area contributed by atoms with Gasteiger partial charge in [-0.15, -0.1) is 0 Å². The smallest absolute Gasteiger partial charge is 0.155 e. The molecule has 128 valence electrons. The fourth-order valence-electron chi connectivity index (χ4n) is 3.90. The summed E-state index contributed by atoms with van der Waals surface area (Å²) in [6.45, 7) is 6.71. The summed E-state index contributed by atoms with van der Waals surface area (Å²) in [4.78, 5) is 15.3. The van der Waals surface area contributed by atoms with Gasteiger partial charge in [-0.2, -0.15) is 0 Å². The Morgan fingerprint density at radius 1 is 1.13 bits per heavy atom. The Morgan fingerprint density at radius 3 is 2.61 bits per heavy atom. The van der Waals surface area contributed by atoms with Crippen molar-refractivity contribution in [2.75, 3.05) is 4.90 Å². The summed E-state index contributed by atoms with van der Waals surface area (Å²) in [5, 5.41) is 0. The van der Waals surface area contributed by atoms with Crippen LogP contribution in [-0.2, 0) is 11.2 Å². The molecule has 2 atom stereocenters. The van der Waals surface area contributed by atoms with Gasteiger partial charge in [0.2, 0.25) is 0 Å². The van der Waals surface area contributed by atoms with Crippen molar-refractivity contribution in [3.8, 4) is 0 Å². The van der Waals surface area contributed by atoms with E-state index in [2.05, 4.69) is 49.9 Å². The van der Waals surface area contributed by atoms with E-state index in [0.717, 1.165) is 25.7 Å². The molecule has 1 heterocycles. The second-order valence-electron chi connectivity index (χ2n) is 6.88. The second-order valence-corrected chi connectivity index (χ2v) is 6.88. The molecule has 0 radical (unpaired) electrons. The first-order valence-corrected chi connectivity index (χ1v) is 9.61. The average molecular weight is 316 g/mol. The molecule has 0 fully saturated rings. The van der Waals surface area contributed by atoms with Gasteiger partial charge in [0, 0.05) is 24.6 Å². The van der Waals surface area contributed by atoms with Crippen molar-refractivity contribution in [3.05, 3.63) is 29.8 Å². The standard InChI is InChI=1S/C21H33NO/c1-4-7-8-9-15-21(23)20-16-17-13-10-11-14-19(17)22(20)18(6-3)12-5-2/h10-11,13-14,18,20H,4-9,12,15-16H2,1-3H3. The monoisotopic (exact) mass is 315 g/mol. The van der Waals surface area contributed by atoms with E-state index in [0.29, 0.717) is 11.8 Å². The maximum atomic E-state index is 12.9. The molecule has 0 aliphatic carbocycles. The zero-order chi connectivity index (χ0) is 16.7. The predicted octanol–water partition coefficient (Wildman–Crippen LogP) is 5.54. The highest BCUT2D eigenvalue weighted by Crippen LogP contribution is 2.36. The fourth-order valence-corrected chi connectivity index (χ4v) is 3.90. The maximum Gasteiger partial charge on any atom is 0.155 e. The third kappa shape index (κ3) is 4.37. The molecular weight excluding hydrogens is 282 g/mol. The first kappa shape index (κ1) is 18.0. The molecule has 0 N–H and O–H groups in total. The summed E-state index contributed by atoms with van der Waals surface area (Å²) in [6, 6.07) is 9.19. The lowest BCUT2D eigenvalue weighted by Gasteiger charge is -2.34. The number of ketones is 1. The molecule has 2 unspecified atom stereocenters. The van der Waals surface area contributed by atoms with E-state index in [-0.39, 0.29) is 6.04 Å². The van der Waals surface area contributed by atoms with Gasteiger partial charge in [0.1, 0.15) is 0 Å². The molecule has 2 heteroatoms. The Balaban J connectivity index is 2.12. The SMILES string of the molecule is CCCCCCC(=O)C1Cc2ccccc2N1C(CC)CCC. The van der Waals surface area contributed by atoms with E-state index in [1.165, 1.54) is 43.4 Å². The molecule has 0 saturated heterocycles. The van der Waals surface area contributed by atoms with Gasteiger partial charge in [-0.25, -0.2) is 0 Å². The molecule has 1 aliphatic rings.